The third kappa shape index (κ3) is 6.52. The van der Waals surface area contributed by atoms with Crippen molar-refractivity contribution in [2.24, 2.45) is 5.92 Å². The maximum Gasteiger partial charge on any atom is 0.432 e. The Morgan fingerprint density at radius 1 is 0.698 bits per heavy atom. The molecular formula is C32H24F8O3. The molecule has 0 aliphatic carbocycles. The molecule has 1 aliphatic heterocycles. The van der Waals surface area contributed by atoms with E-state index in [1.165, 1.54) is 24.3 Å². The number of rotatable bonds is 8. The van der Waals surface area contributed by atoms with E-state index >= 15 is 0 Å². The highest BCUT2D eigenvalue weighted by Gasteiger charge is 2.42. The van der Waals surface area contributed by atoms with Gasteiger partial charge in [-0.15, -0.1) is 0 Å². The molecule has 0 amide bonds. The van der Waals surface area contributed by atoms with Crippen LogP contribution in [0.3, 0.4) is 0 Å². The summed E-state index contributed by atoms with van der Waals surface area (Å²) in [6.45, 7) is 2.62. The number of benzene rings is 4. The molecule has 1 fully saturated rings. The largest absolute Gasteiger partial charge is 0.432 e. The lowest BCUT2D eigenvalue weighted by molar-refractivity contribution is -0.206. The zero-order valence-corrected chi connectivity index (χ0v) is 22.6. The summed E-state index contributed by atoms with van der Waals surface area (Å²) in [5, 5.41) is 0. The van der Waals surface area contributed by atoms with Gasteiger partial charge in [0.05, 0.1) is 13.2 Å². The van der Waals surface area contributed by atoms with Gasteiger partial charge in [-0.05, 0) is 65.6 Å². The second-order valence-electron chi connectivity index (χ2n) is 10.1. The second-order valence-corrected chi connectivity index (χ2v) is 10.1. The predicted molar refractivity (Wildman–Crippen MR) is 141 cm³/mol. The number of alkyl halides is 2. The van der Waals surface area contributed by atoms with E-state index in [-0.39, 0.29) is 28.2 Å². The van der Waals surface area contributed by atoms with Crippen LogP contribution in [0.2, 0.25) is 0 Å². The Hall–Kier alpha value is -3.96. The van der Waals surface area contributed by atoms with Crippen LogP contribution in [0.4, 0.5) is 35.1 Å². The minimum Gasteiger partial charge on any atom is -0.429 e. The van der Waals surface area contributed by atoms with Crippen LogP contribution in [-0.4, -0.2) is 13.2 Å². The minimum absolute atomic E-state index is 0.0817. The fourth-order valence-corrected chi connectivity index (χ4v) is 4.87. The van der Waals surface area contributed by atoms with E-state index in [4.69, 9.17) is 9.47 Å². The summed E-state index contributed by atoms with van der Waals surface area (Å²) >= 11 is 0. The van der Waals surface area contributed by atoms with Crippen LogP contribution in [0.15, 0.2) is 66.7 Å². The normalized spacial score (nSPS) is 17.2. The molecule has 0 spiro atoms. The molecule has 43 heavy (non-hydrogen) atoms. The first-order chi connectivity index (χ1) is 20.5. The first-order valence-electron chi connectivity index (χ1n) is 13.3. The van der Waals surface area contributed by atoms with Gasteiger partial charge in [0.1, 0.15) is 28.8 Å². The number of halogens is 8. The maximum absolute atomic E-state index is 14.9. The molecule has 11 heteroatoms. The van der Waals surface area contributed by atoms with Crippen LogP contribution in [0.5, 0.6) is 5.75 Å². The summed E-state index contributed by atoms with van der Waals surface area (Å²) in [5.41, 5.74) is -1.48. The van der Waals surface area contributed by atoms with E-state index < -0.39 is 58.6 Å². The quantitative estimate of drug-likeness (QED) is 0.147. The summed E-state index contributed by atoms with van der Waals surface area (Å²) in [6, 6.07) is 11.2. The number of ether oxygens (including phenoxy) is 3. The third-order valence-electron chi connectivity index (χ3n) is 6.99. The van der Waals surface area contributed by atoms with Gasteiger partial charge in [0.15, 0.2) is 23.7 Å². The molecule has 3 nitrogen and oxygen atoms in total. The van der Waals surface area contributed by atoms with Crippen molar-refractivity contribution in [2.45, 2.75) is 32.2 Å². The van der Waals surface area contributed by atoms with Crippen LogP contribution in [-0.2, 0) is 15.6 Å². The molecule has 0 aromatic heterocycles. The van der Waals surface area contributed by atoms with Gasteiger partial charge in [0, 0.05) is 17.0 Å². The van der Waals surface area contributed by atoms with E-state index in [0.29, 0.717) is 30.9 Å². The van der Waals surface area contributed by atoms with Gasteiger partial charge in [-0.2, -0.15) is 8.78 Å². The Morgan fingerprint density at radius 3 is 1.81 bits per heavy atom. The van der Waals surface area contributed by atoms with Crippen molar-refractivity contribution in [3.63, 3.8) is 0 Å². The lowest BCUT2D eigenvalue weighted by Crippen LogP contribution is -2.28. The highest BCUT2D eigenvalue weighted by Crippen LogP contribution is 2.38. The maximum atomic E-state index is 14.9. The smallest absolute Gasteiger partial charge is 0.429 e. The molecule has 0 saturated carbocycles. The average Bonchev–Trinajstić information content (AvgIpc) is 2.96. The van der Waals surface area contributed by atoms with Crippen LogP contribution in [0, 0.1) is 40.8 Å². The SMILES string of the molecule is CCCC1COC(c2cc(F)c(C(F)(F)Oc3ccc(-c4ccc(-c5cc(F)c(F)c(F)c5)c(F)c4)cc3)c(F)c2)OC1. The molecular weight excluding hydrogens is 584 g/mol. The number of hydrogen-bond donors (Lipinski definition) is 0. The summed E-state index contributed by atoms with van der Waals surface area (Å²) < 4.78 is 130. The molecule has 5 rings (SSSR count). The molecule has 1 saturated heterocycles. The fraction of sp³-hybridized carbons (Fsp3) is 0.250. The monoisotopic (exact) mass is 608 g/mol. The van der Waals surface area contributed by atoms with E-state index in [2.05, 4.69) is 4.74 Å². The molecule has 4 aromatic carbocycles. The molecule has 226 valence electrons. The third-order valence-corrected chi connectivity index (χ3v) is 6.99. The zero-order valence-electron chi connectivity index (χ0n) is 22.6. The summed E-state index contributed by atoms with van der Waals surface area (Å²) in [7, 11) is 0. The van der Waals surface area contributed by atoms with Gasteiger partial charge in [0.2, 0.25) is 0 Å². The average molecular weight is 609 g/mol. The Kier molecular flexibility index (Phi) is 8.75. The molecule has 0 unspecified atom stereocenters. The molecule has 0 N–H and O–H groups in total. The Labute approximate surface area is 241 Å². The van der Waals surface area contributed by atoms with Crippen molar-refractivity contribution in [3.8, 4) is 28.0 Å². The highest BCUT2D eigenvalue weighted by atomic mass is 19.3. The molecule has 1 aliphatic rings. The summed E-state index contributed by atoms with van der Waals surface area (Å²) in [5.74, 6) is -8.91. The second kappa shape index (κ2) is 12.3. The van der Waals surface area contributed by atoms with Crippen LogP contribution in [0.1, 0.15) is 37.2 Å². The van der Waals surface area contributed by atoms with Crippen LogP contribution < -0.4 is 4.74 Å². The van der Waals surface area contributed by atoms with E-state index in [0.717, 1.165) is 43.2 Å². The summed E-state index contributed by atoms with van der Waals surface area (Å²) in [6.07, 6.45) is -3.73. The number of hydrogen-bond acceptors (Lipinski definition) is 3. The molecule has 0 radical (unpaired) electrons. The first kappa shape index (κ1) is 30.5. The van der Waals surface area contributed by atoms with E-state index in [1.807, 2.05) is 6.92 Å². The van der Waals surface area contributed by atoms with E-state index in [1.54, 1.807) is 0 Å². The van der Waals surface area contributed by atoms with Crippen molar-refractivity contribution < 1.29 is 49.3 Å². The lowest BCUT2D eigenvalue weighted by atomic mass is 9.99. The van der Waals surface area contributed by atoms with Gasteiger partial charge < -0.3 is 14.2 Å². The fourth-order valence-electron chi connectivity index (χ4n) is 4.87. The molecule has 4 aromatic rings. The Bertz CT molecular complexity index is 1570. The zero-order chi connectivity index (χ0) is 30.9. The van der Waals surface area contributed by atoms with Gasteiger partial charge in [0.25, 0.3) is 0 Å². The van der Waals surface area contributed by atoms with Crippen molar-refractivity contribution in [3.05, 3.63) is 113 Å². The first-order valence-corrected chi connectivity index (χ1v) is 13.3. The van der Waals surface area contributed by atoms with Crippen molar-refractivity contribution in [1.82, 2.24) is 0 Å². The van der Waals surface area contributed by atoms with Crippen molar-refractivity contribution in [2.75, 3.05) is 13.2 Å². The molecule has 1 heterocycles. The minimum atomic E-state index is -4.40. The van der Waals surface area contributed by atoms with Crippen molar-refractivity contribution in [1.29, 1.82) is 0 Å². The molecule has 0 bridgehead atoms. The van der Waals surface area contributed by atoms with E-state index in [9.17, 15) is 35.1 Å². The van der Waals surface area contributed by atoms with Gasteiger partial charge in [-0.1, -0.05) is 37.6 Å². The van der Waals surface area contributed by atoms with Crippen molar-refractivity contribution >= 4 is 0 Å². The van der Waals surface area contributed by atoms with Crippen LogP contribution in [0.25, 0.3) is 22.3 Å². The van der Waals surface area contributed by atoms with Crippen LogP contribution >= 0.6 is 0 Å². The van der Waals surface area contributed by atoms with Gasteiger partial charge in [-0.3, -0.25) is 0 Å². The predicted octanol–water partition coefficient (Wildman–Crippen LogP) is 9.45. The topological polar surface area (TPSA) is 27.7 Å². The highest BCUT2D eigenvalue weighted by molar-refractivity contribution is 5.71. The Balaban J connectivity index is 1.30. The summed E-state index contributed by atoms with van der Waals surface area (Å²) in [4.78, 5) is 0. The standard InChI is InChI=1S/C32H24F8O3/c1-2-3-17-15-41-31(42-16-17)21-13-25(34)29(26(35)14-21)32(39,40)43-22-7-4-18(5-8-22)19-6-9-23(24(33)10-19)20-11-27(36)30(38)28(37)12-20/h4-14,17,31H,2-3,15-16H2,1H3. The molecule has 0 atom stereocenters. The van der Waals surface area contributed by atoms with Gasteiger partial charge in [-0.25, -0.2) is 26.3 Å². The Morgan fingerprint density at radius 2 is 1.26 bits per heavy atom. The van der Waals surface area contributed by atoms with Gasteiger partial charge >= 0.3 is 6.11 Å². The lowest BCUT2D eigenvalue weighted by Gasteiger charge is -2.30.